The van der Waals surface area contributed by atoms with Crippen molar-refractivity contribution >= 4 is 11.7 Å². The van der Waals surface area contributed by atoms with Gasteiger partial charge in [-0.15, -0.1) is 0 Å². The normalized spacial score (nSPS) is 21.8. The van der Waals surface area contributed by atoms with Crippen molar-refractivity contribution in [2.45, 2.75) is 18.3 Å². The van der Waals surface area contributed by atoms with Crippen LogP contribution in [0.3, 0.4) is 0 Å². The lowest BCUT2D eigenvalue weighted by atomic mass is 9.94. The topological polar surface area (TPSA) is 51.7 Å². The fourth-order valence-corrected chi connectivity index (χ4v) is 4.56. The molecule has 1 amide bonds. The number of aromatic nitrogens is 1. The van der Waals surface area contributed by atoms with E-state index in [2.05, 4.69) is 23.2 Å². The Kier molecular flexibility index (Phi) is 4.66. The van der Waals surface area contributed by atoms with E-state index in [1.807, 2.05) is 47.4 Å². The SMILES string of the molecule is COc1ccc(C2CN(C(=O)C3CC3c3ccccc3)c3ncccc32)cc1OC. The Morgan fingerprint density at radius 3 is 2.53 bits per heavy atom. The first-order valence-corrected chi connectivity index (χ1v) is 10.2. The van der Waals surface area contributed by atoms with E-state index in [1.54, 1.807) is 20.4 Å². The van der Waals surface area contributed by atoms with E-state index in [-0.39, 0.29) is 17.7 Å². The van der Waals surface area contributed by atoms with Gasteiger partial charge in [0.05, 0.1) is 14.2 Å². The predicted molar refractivity (Wildman–Crippen MR) is 115 cm³/mol. The van der Waals surface area contributed by atoms with E-state index < -0.39 is 0 Å². The fraction of sp³-hybridized carbons (Fsp3) is 0.280. The molecule has 0 spiro atoms. The molecule has 5 nitrogen and oxygen atoms in total. The maximum atomic E-state index is 13.4. The van der Waals surface area contributed by atoms with Crippen LogP contribution in [0.1, 0.15) is 34.9 Å². The molecule has 3 aromatic rings. The first kappa shape index (κ1) is 18.7. The zero-order valence-corrected chi connectivity index (χ0v) is 17.1. The van der Waals surface area contributed by atoms with Gasteiger partial charge in [-0.2, -0.15) is 0 Å². The van der Waals surface area contributed by atoms with E-state index >= 15 is 0 Å². The molecule has 30 heavy (non-hydrogen) atoms. The quantitative estimate of drug-likeness (QED) is 0.638. The van der Waals surface area contributed by atoms with Gasteiger partial charge in [0.2, 0.25) is 5.91 Å². The van der Waals surface area contributed by atoms with E-state index in [0.717, 1.165) is 23.4 Å². The van der Waals surface area contributed by atoms with Gasteiger partial charge in [0.25, 0.3) is 0 Å². The molecule has 3 unspecified atom stereocenters. The molecule has 1 aromatic heterocycles. The molecule has 1 saturated carbocycles. The molecule has 2 aliphatic rings. The van der Waals surface area contributed by atoms with Gasteiger partial charge in [0.1, 0.15) is 5.82 Å². The number of ether oxygens (including phenoxy) is 2. The second-order valence-corrected chi connectivity index (χ2v) is 7.89. The maximum Gasteiger partial charge on any atom is 0.231 e. The van der Waals surface area contributed by atoms with Crippen LogP contribution in [-0.4, -0.2) is 31.7 Å². The number of nitrogens with zero attached hydrogens (tertiary/aromatic N) is 2. The molecular formula is C25H24N2O3. The summed E-state index contributed by atoms with van der Waals surface area (Å²) in [5, 5.41) is 0. The lowest BCUT2D eigenvalue weighted by molar-refractivity contribution is -0.119. The van der Waals surface area contributed by atoms with Crippen LogP contribution < -0.4 is 14.4 Å². The fourth-order valence-electron chi connectivity index (χ4n) is 4.56. The van der Waals surface area contributed by atoms with E-state index in [9.17, 15) is 4.79 Å². The molecule has 5 heteroatoms. The van der Waals surface area contributed by atoms with Crippen LogP contribution >= 0.6 is 0 Å². The summed E-state index contributed by atoms with van der Waals surface area (Å²) in [4.78, 5) is 19.8. The van der Waals surface area contributed by atoms with Gasteiger partial charge < -0.3 is 9.47 Å². The zero-order valence-electron chi connectivity index (χ0n) is 17.1. The zero-order chi connectivity index (χ0) is 20.7. The summed E-state index contributed by atoms with van der Waals surface area (Å²) in [7, 11) is 3.27. The Morgan fingerprint density at radius 2 is 1.77 bits per heavy atom. The highest BCUT2D eigenvalue weighted by Gasteiger charge is 2.48. The summed E-state index contributed by atoms with van der Waals surface area (Å²) < 4.78 is 10.9. The second kappa shape index (κ2) is 7.48. The average molecular weight is 400 g/mol. The highest BCUT2D eigenvalue weighted by molar-refractivity contribution is 5.99. The highest BCUT2D eigenvalue weighted by Crippen LogP contribution is 2.50. The average Bonchev–Trinajstić information content (AvgIpc) is 3.52. The molecule has 2 aromatic carbocycles. The molecule has 1 aliphatic heterocycles. The number of carbonyl (C=O) groups excluding carboxylic acids is 1. The molecule has 0 saturated heterocycles. The monoisotopic (exact) mass is 400 g/mol. The van der Waals surface area contributed by atoms with Gasteiger partial charge in [0, 0.05) is 30.1 Å². The largest absolute Gasteiger partial charge is 0.493 e. The predicted octanol–water partition coefficient (Wildman–Crippen LogP) is 4.38. The Balaban J connectivity index is 1.43. The van der Waals surface area contributed by atoms with Crippen LogP contribution in [0.15, 0.2) is 66.9 Å². The number of anilines is 1. The van der Waals surface area contributed by atoms with Crippen LogP contribution in [0.5, 0.6) is 11.5 Å². The van der Waals surface area contributed by atoms with Crippen LogP contribution in [-0.2, 0) is 4.79 Å². The summed E-state index contributed by atoms with van der Waals surface area (Å²) in [6.45, 7) is 0.596. The summed E-state index contributed by atoms with van der Waals surface area (Å²) in [6.07, 6.45) is 2.67. The molecule has 3 atom stereocenters. The minimum Gasteiger partial charge on any atom is -0.493 e. The lowest BCUT2D eigenvalue weighted by Crippen LogP contribution is -2.32. The van der Waals surface area contributed by atoms with Gasteiger partial charge >= 0.3 is 0 Å². The van der Waals surface area contributed by atoms with Crippen LogP contribution in [0.2, 0.25) is 0 Å². The number of carbonyl (C=O) groups is 1. The maximum absolute atomic E-state index is 13.4. The smallest absolute Gasteiger partial charge is 0.231 e. The molecule has 1 fully saturated rings. The number of fused-ring (bicyclic) bond motifs is 1. The number of benzene rings is 2. The van der Waals surface area contributed by atoms with Gasteiger partial charge in [-0.05, 0) is 41.7 Å². The standard InChI is InChI=1S/C25H24N2O3/c1-29-22-11-10-17(13-23(22)30-2)21-15-27(24-18(21)9-6-12-26-24)25(28)20-14-19(20)16-7-4-3-5-8-16/h3-13,19-21H,14-15H2,1-2H3. The Morgan fingerprint density at radius 1 is 0.967 bits per heavy atom. The van der Waals surface area contributed by atoms with Crippen LogP contribution in [0.4, 0.5) is 5.82 Å². The number of pyridine rings is 1. The van der Waals surface area contributed by atoms with Gasteiger partial charge in [0.15, 0.2) is 11.5 Å². The number of hydrogen-bond donors (Lipinski definition) is 0. The number of methoxy groups -OCH3 is 2. The molecule has 152 valence electrons. The van der Waals surface area contributed by atoms with Gasteiger partial charge in [-0.25, -0.2) is 4.98 Å². The van der Waals surface area contributed by atoms with Gasteiger partial charge in [-0.3, -0.25) is 9.69 Å². The minimum atomic E-state index is 0.0337. The van der Waals surface area contributed by atoms with Crippen molar-refractivity contribution in [1.29, 1.82) is 0 Å². The molecule has 0 N–H and O–H groups in total. The third kappa shape index (κ3) is 3.11. The van der Waals surface area contributed by atoms with E-state index in [4.69, 9.17) is 9.47 Å². The van der Waals surface area contributed by atoms with Crippen LogP contribution in [0, 0.1) is 5.92 Å². The molecule has 1 aliphatic carbocycles. The van der Waals surface area contributed by atoms with Crippen LogP contribution in [0.25, 0.3) is 0 Å². The number of rotatable bonds is 5. The molecule has 0 radical (unpaired) electrons. The Labute approximate surface area is 176 Å². The van der Waals surface area contributed by atoms with Crippen molar-refractivity contribution in [3.63, 3.8) is 0 Å². The molecular weight excluding hydrogens is 376 g/mol. The lowest BCUT2D eigenvalue weighted by Gasteiger charge is -2.18. The summed E-state index contributed by atoms with van der Waals surface area (Å²) in [5.41, 5.74) is 3.41. The summed E-state index contributed by atoms with van der Waals surface area (Å²) in [6, 6.07) is 20.3. The second-order valence-electron chi connectivity index (χ2n) is 7.89. The Bertz CT molecular complexity index is 1080. The van der Waals surface area contributed by atoms with Gasteiger partial charge in [-0.1, -0.05) is 42.5 Å². The summed E-state index contributed by atoms with van der Waals surface area (Å²) >= 11 is 0. The van der Waals surface area contributed by atoms with E-state index in [1.165, 1.54) is 5.56 Å². The molecule has 0 bridgehead atoms. The minimum absolute atomic E-state index is 0.0337. The first-order chi connectivity index (χ1) is 14.7. The highest BCUT2D eigenvalue weighted by atomic mass is 16.5. The van der Waals surface area contributed by atoms with Crippen molar-refractivity contribution in [1.82, 2.24) is 4.98 Å². The van der Waals surface area contributed by atoms with Crippen molar-refractivity contribution in [3.05, 3.63) is 83.6 Å². The molecule has 5 rings (SSSR count). The molecule has 2 heterocycles. The number of amides is 1. The third-order valence-corrected chi connectivity index (χ3v) is 6.22. The first-order valence-electron chi connectivity index (χ1n) is 10.2. The van der Waals surface area contributed by atoms with Crippen molar-refractivity contribution in [2.24, 2.45) is 5.92 Å². The van der Waals surface area contributed by atoms with Crippen molar-refractivity contribution < 1.29 is 14.3 Å². The summed E-state index contributed by atoms with van der Waals surface area (Å²) in [5.74, 6) is 2.75. The Hall–Kier alpha value is -3.34. The number of hydrogen-bond acceptors (Lipinski definition) is 4. The van der Waals surface area contributed by atoms with Crippen molar-refractivity contribution in [3.8, 4) is 11.5 Å². The van der Waals surface area contributed by atoms with Crippen molar-refractivity contribution in [2.75, 3.05) is 25.7 Å². The third-order valence-electron chi connectivity index (χ3n) is 6.22. The van der Waals surface area contributed by atoms with E-state index in [0.29, 0.717) is 24.0 Å².